The van der Waals surface area contributed by atoms with E-state index < -0.39 is 10.0 Å². The minimum absolute atomic E-state index is 0.0830. The molecule has 0 saturated carbocycles. The first-order chi connectivity index (χ1) is 12.9. The van der Waals surface area contributed by atoms with Gasteiger partial charge in [0.05, 0.1) is 12.8 Å². The zero-order valence-corrected chi connectivity index (χ0v) is 17.6. The summed E-state index contributed by atoms with van der Waals surface area (Å²) in [5.74, 6) is -0.289. The second-order valence-corrected chi connectivity index (χ2v) is 9.47. The van der Waals surface area contributed by atoms with Gasteiger partial charge in [-0.3, -0.25) is 4.79 Å². The summed E-state index contributed by atoms with van der Waals surface area (Å²) in [5, 5.41) is 3.33. The normalized spacial score (nSPS) is 16.3. The Labute approximate surface area is 167 Å². The highest BCUT2D eigenvalue weighted by atomic mass is 35.5. The van der Waals surface area contributed by atoms with Crippen molar-refractivity contribution in [3.63, 3.8) is 0 Å². The van der Waals surface area contributed by atoms with Crippen LogP contribution in [-0.2, 0) is 21.4 Å². The molecule has 1 amide bonds. The number of rotatable bonds is 9. The molecule has 1 aliphatic heterocycles. The number of nitrogens with zero attached hydrogens (tertiary/aromatic N) is 2. The summed E-state index contributed by atoms with van der Waals surface area (Å²) in [6.45, 7) is 3.67. The third-order valence-electron chi connectivity index (χ3n) is 4.77. The van der Waals surface area contributed by atoms with Gasteiger partial charge in [-0.05, 0) is 50.5 Å². The van der Waals surface area contributed by atoms with Gasteiger partial charge in [-0.25, -0.2) is 8.42 Å². The average molecular weight is 416 g/mol. The quantitative estimate of drug-likeness (QED) is 0.629. The molecule has 1 heterocycles. The lowest BCUT2D eigenvalue weighted by Crippen LogP contribution is -2.40. The van der Waals surface area contributed by atoms with E-state index in [0.29, 0.717) is 17.1 Å². The highest BCUT2D eigenvalue weighted by Crippen LogP contribution is 2.18. The predicted molar refractivity (Wildman–Crippen MR) is 109 cm³/mol. The minimum atomic E-state index is -3.52. The Kier molecular flexibility index (Phi) is 9.02. The minimum Gasteiger partial charge on any atom is -0.355 e. The van der Waals surface area contributed by atoms with Crippen LogP contribution in [0.5, 0.6) is 0 Å². The van der Waals surface area contributed by atoms with Gasteiger partial charge in [-0.2, -0.15) is 4.31 Å². The monoisotopic (exact) mass is 415 g/mol. The van der Waals surface area contributed by atoms with Crippen LogP contribution in [0, 0.1) is 0 Å². The summed E-state index contributed by atoms with van der Waals surface area (Å²) >= 11 is 6.12. The molecule has 0 radical (unpaired) electrons. The fraction of sp³-hybridized carbons (Fsp3) is 0.632. The molecule has 1 N–H and O–H groups in total. The van der Waals surface area contributed by atoms with Crippen molar-refractivity contribution >= 4 is 27.5 Å². The molecule has 6 nitrogen and oxygen atoms in total. The summed E-state index contributed by atoms with van der Waals surface area (Å²) in [6, 6.07) is 7.05. The Bertz CT molecular complexity index is 704. The molecular formula is C19H30ClN3O3S. The Morgan fingerprint density at radius 3 is 2.48 bits per heavy atom. The van der Waals surface area contributed by atoms with Crippen LogP contribution in [0.15, 0.2) is 24.3 Å². The van der Waals surface area contributed by atoms with E-state index in [-0.39, 0.29) is 19.0 Å². The van der Waals surface area contributed by atoms with Crippen molar-refractivity contribution in [3.05, 3.63) is 34.9 Å². The molecule has 2 rings (SSSR count). The first-order valence-corrected chi connectivity index (χ1v) is 11.8. The molecule has 1 aromatic rings. The van der Waals surface area contributed by atoms with Crippen molar-refractivity contribution < 1.29 is 13.2 Å². The van der Waals surface area contributed by atoms with Crippen molar-refractivity contribution in [1.82, 2.24) is 14.5 Å². The molecule has 0 atom stereocenters. The first kappa shape index (κ1) is 22.1. The smallest absolute Gasteiger partial charge is 0.235 e. The summed E-state index contributed by atoms with van der Waals surface area (Å²) in [6.07, 6.45) is 7.08. The molecule has 0 aliphatic carbocycles. The zero-order chi connectivity index (χ0) is 19.7. The molecule has 0 unspecified atom stereocenters. The van der Waals surface area contributed by atoms with Crippen LogP contribution in [0.3, 0.4) is 0 Å². The third-order valence-corrected chi connectivity index (χ3v) is 6.33. The van der Waals surface area contributed by atoms with Gasteiger partial charge >= 0.3 is 0 Å². The second kappa shape index (κ2) is 11.0. The van der Waals surface area contributed by atoms with Crippen molar-refractivity contribution in [2.24, 2.45) is 0 Å². The van der Waals surface area contributed by atoms with E-state index in [4.69, 9.17) is 11.6 Å². The number of hydrogen-bond donors (Lipinski definition) is 1. The van der Waals surface area contributed by atoms with E-state index in [1.165, 1.54) is 25.7 Å². The van der Waals surface area contributed by atoms with E-state index in [9.17, 15) is 13.2 Å². The molecule has 0 bridgehead atoms. The molecule has 1 aromatic carbocycles. The van der Waals surface area contributed by atoms with Crippen molar-refractivity contribution in [2.75, 3.05) is 39.0 Å². The molecular weight excluding hydrogens is 386 g/mol. The van der Waals surface area contributed by atoms with Crippen molar-refractivity contribution in [3.8, 4) is 0 Å². The number of benzene rings is 1. The van der Waals surface area contributed by atoms with Crippen LogP contribution >= 0.6 is 11.6 Å². The number of halogens is 1. The van der Waals surface area contributed by atoms with Gasteiger partial charge in [-0.15, -0.1) is 0 Å². The fourth-order valence-electron chi connectivity index (χ4n) is 3.21. The molecule has 0 spiro atoms. The summed E-state index contributed by atoms with van der Waals surface area (Å²) in [4.78, 5) is 14.7. The van der Waals surface area contributed by atoms with Gasteiger partial charge in [0.15, 0.2) is 0 Å². The molecule has 8 heteroatoms. The molecule has 27 heavy (non-hydrogen) atoms. The van der Waals surface area contributed by atoms with Gasteiger partial charge in [-0.1, -0.05) is 42.6 Å². The van der Waals surface area contributed by atoms with Crippen LogP contribution in [0.2, 0.25) is 5.02 Å². The zero-order valence-electron chi connectivity index (χ0n) is 16.0. The maximum atomic E-state index is 12.2. The average Bonchev–Trinajstić information content (AvgIpc) is 2.88. The first-order valence-electron chi connectivity index (χ1n) is 9.54. The molecule has 1 aliphatic rings. The second-order valence-electron chi connectivity index (χ2n) is 7.08. The third kappa shape index (κ3) is 8.17. The molecule has 152 valence electrons. The summed E-state index contributed by atoms with van der Waals surface area (Å²) in [5.41, 5.74) is 0.679. The van der Waals surface area contributed by atoms with Crippen LogP contribution in [0.1, 0.15) is 37.7 Å². The summed E-state index contributed by atoms with van der Waals surface area (Å²) < 4.78 is 25.2. The predicted octanol–water partition coefficient (Wildman–Crippen LogP) is 2.48. The number of carbonyl (C=O) groups excluding carboxylic acids is 1. The fourth-order valence-corrected chi connectivity index (χ4v) is 4.13. The Hall–Kier alpha value is -1.15. The van der Waals surface area contributed by atoms with Gasteiger partial charge in [0.2, 0.25) is 15.9 Å². The maximum absolute atomic E-state index is 12.2. The summed E-state index contributed by atoms with van der Waals surface area (Å²) in [7, 11) is -3.52. The highest BCUT2D eigenvalue weighted by Gasteiger charge is 2.21. The standard InChI is InChI=1S/C19H30ClN3O3S/c1-27(25,26)23(15-17-9-4-5-10-18(17)20)16-19(24)21-11-8-14-22-12-6-2-3-7-13-22/h4-5,9-10H,2-3,6-8,11-16H2,1H3,(H,21,24). The largest absolute Gasteiger partial charge is 0.355 e. The number of carbonyl (C=O) groups is 1. The van der Waals surface area contributed by atoms with E-state index >= 15 is 0 Å². The van der Waals surface area contributed by atoms with Crippen molar-refractivity contribution in [2.45, 2.75) is 38.6 Å². The van der Waals surface area contributed by atoms with E-state index in [1.807, 2.05) is 0 Å². The van der Waals surface area contributed by atoms with Crippen LogP contribution in [0.25, 0.3) is 0 Å². The SMILES string of the molecule is CS(=O)(=O)N(CC(=O)NCCCN1CCCCCC1)Cc1ccccc1Cl. The van der Waals surface area contributed by atoms with Gasteiger partial charge in [0.25, 0.3) is 0 Å². The Morgan fingerprint density at radius 2 is 1.85 bits per heavy atom. The number of amides is 1. The lowest BCUT2D eigenvalue weighted by molar-refractivity contribution is -0.121. The lowest BCUT2D eigenvalue weighted by Gasteiger charge is -2.21. The van der Waals surface area contributed by atoms with Gasteiger partial charge in [0, 0.05) is 18.1 Å². The number of hydrogen-bond acceptors (Lipinski definition) is 4. The Morgan fingerprint density at radius 1 is 1.19 bits per heavy atom. The molecule has 0 aromatic heterocycles. The van der Waals surface area contributed by atoms with Gasteiger partial charge in [0.1, 0.15) is 0 Å². The van der Waals surface area contributed by atoms with Crippen molar-refractivity contribution in [1.29, 1.82) is 0 Å². The maximum Gasteiger partial charge on any atom is 0.235 e. The van der Waals surface area contributed by atoms with E-state index in [2.05, 4.69) is 10.2 Å². The van der Waals surface area contributed by atoms with Crippen LogP contribution < -0.4 is 5.32 Å². The van der Waals surface area contributed by atoms with E-state index in [0.717, 1.165) is 36.6 Å². The lowest BCUT2D eigenvalue weighted by atomic mass is 10.2. The highest BCUT2D eigenvalue weighted by molar-refractivity contribution is 7.88. The van der Waals surface area contributed by atoms with Gasteiger partial charge < -0.3 is 10.2 Å². The van der Waals surface area contributed by atoms with Crippen LogP contribution in [0.4, 0.5) is 0 Å². The van der Waals surface area contributed by atoms with Crippen LogP contribution in [-0.4, -0.2) is 62.5 Å². The number of sulfonamides is 1. The topological polar surface area (TPSA) is 69.7 Å². The molecule has 1 saturated heterocycles. The number of likely N-dealkylation sites (tertiary alicyclic amines) is 1. The number of nitrogens with one attached hydrogen (secondary N) is 1. The molecule has 1 fully saturated rings. The Balaban J connectivity index is 1.79. The van der Waals surface area contributed by atoms with E-state index in [1.54, 1.807) is 24.3 Å².